The van der Waals surface area contributed by atoms with E-state index in [0.717, 1.165) is 0 Å². The van der Waals surface area contributed by atoms with Crippen LogP contribution < -0.4 is 5.32 Å². The molecule has 1 atom stereocenters. The summed E-state index contributed by atoms with van der Waals surface area (Å²) in [6, 6.07) is 1.23. The third-order valence-corrected chi connectivity index (χ3v) is 2.07. The van der Waals surface area contributed by atoms with Crippen molar-refractivity contribution in [1.29, 1.82) is 0 Å². The Bertz CT molecular complexity index is 364. The van der Waals surface area contributed by atoms with Crippen molar-refractivity contribution in [3.05, 3.63) is 23.1 Å². The number of halogens is 1. The molecule has 0 aliphatic carbocycles. The van der Waals surface area contributed by atoms with Crippen molar-refractivity contribution >= 4 is 17.5 Å². The number of carbonyl (C=O) groups excluding carboxylic acids is 1. The zero-order chi connectivity index (χ0) is 10.6. The Morgan fingerprint density at radius 1 is 1.86 bits per heavy atom. The number of furan rings is 1. The molecule has 0 saturated heterocycles. The van der Waals surface area contributed by atoms with Crippen molar-refractivity contribution < 1.29 is 9.21 Å². The second-order valence-electron chi connectivity index (χ2n) is 2.71. The maximum absolute atomic E-state index is 11.5. The fourth-order valence-corrected chi connectivity index (χ4v) is 1.15. The van der Waals surface area contributed by atoms with Crippen molar-refractivity contribution in [2.75, 3.05) is 0 Å². The highest BCUT2D eigenvalue weighted by Crippen LogP contribution is 2.16. The molecule has 1 aromatic heterocycles. The van der Waals surface area contributed by atoms with E-state index in [0.29, 0.717) is 12.0 Å². The molecule has 1 N–H and O–H groups in total. The number of carbonyl (C=O) groups is 1. The van der Waals surface area contributed by atoms with Gasteiger partial charge >= 0.3 is 0 Å². The van der Waals surface area contributed by atoms with Crippen molar-refractivity contribution in [1.82, 2.24) is 5.32 Å². The molecule has 0 bridgehead atoms. The fraction of sp³-hybridized carbons (Fsp3) is 0.300. The smallest absolute Gasteiger partial charge is 0.257 e. The lowest BCUT2D eigenvalue weighted by Gasteiger charge is -2.09. The largest absolute Gasteiger partial charge is 0.452 e. The second-order valence-corrected chi connectivity index (χ2v) is 3.05. The van der Waals surface area contributed by atoms with Gasteiger partial charge in [0.15, 0.2) is 0 Å². The average Bonchev–Trinajstić information content (AvgIpc) is 2.60. The van der Waals surface area contributed by atoms with Crippen molar-refractivity contribution in [2.24, 2.45) is 0 Å². The molecule has 1 aromatic rings. The van der Waals surface area contributed by atoms with Gasteiger partial charge in [0.05, 0.1) is 17.9 Å². The van der Waals surface area contributed by atoms with Crippen LogP contribution in [0.3, 0.4) is 0 Å². The third-order valence-electron chi connectivity index (χ3n) is 1.78. The predicted octanol–water partition coefficient (Wildman–Crippen LogP) is 2.07. The Hall–Kier alpha value is -1.40. The fourth-order valence-electron chi connectivity index (χ4n) is 0.953. The van der Waals surface area contributed by atoms with Gasteiger partial charge < -0.3 is 9.73 Å². The normalized spacial score (nSPS) is 11.8. The van der Waals surface area contributed by atoms with E-state index in [1.54, 1.807) is 0 Å². The summed E-state index contributed by atoms with van der Waals surface area (Å²) in [5, 5.41) is 2.72. The Kier molecular flexibility index (Phi) is 3.61. The van der Waals surface area contributed by atoms with Gasteiger partial charge in [-0.15, -0.1) is 6.42 Å². The first kappa shape index (κ1) is 10.7. The van der Waals surface area contributed by atoms with Gasteiger partial charge in [0, 0.05) is 0 Å². The lowest BCUT2D eigenvalue weighted by Crippen LogP contribution is -2.33. The molecule has 1 unspecified atom stereocenters. The highest BCUT2D eigenvalue weighted by molar-refractivity contribution is 6.32. The molecule has 1 heterocycles. The maximum atomic E-state index is 11.5. The van der Waals surface area contributed by atoms with Gasteiger partial charge in [-0.05, 0) is 24.1 Å². The molecule has 74 valence electrons. The van der Waals surface area contributed by atoms with Gasteiger partial charge in [0.2, 0.25) is 5.22 Å². The summed E-state index contributed by atoms with van der Waals surface area (Å²) in [6.07, 6.45) is 7.24. The minimum Gasteiger partial charge on any atom is -0.452 e. The maximum Gasteiger partial charge on any atom is 0.257 e. The van der Waals surface area contributed by atoms with Gasteiger partial charge in [0.25, 0.3) is 5.91 Å². The van der Waals surface area contributed by atoms with Crippen molar-refractivity contribution in [3.8, 4) is 12.3 Å². The summed E-state index contributed by atoms with van der Waals surface area (Å²) in [5.74, 6) is 2.15. The van der Waals surface area contributed by atoms with Crippen LogP contribution in [0.4, 0.5) is 0 Å². The number of amides is 1. The summed E-state index contributed by atoms with van der Waals surface area (Å²) in [5.41, 5.74) is 0.306. The first-order valence-electron chi connectivity index (χ1n) is 4.19. The van der Waals surface area contributed by atoms with E-state index in [-0.39, 0.29) is 17.2 Å². The van der Waals surface area contributed by atoms with Gasteiger partial charge in [-0.3, -0.25) is 4.79 Å². The molecular formula is C10H10ClNO2. The van der Waals surface area contributed by atoms with E-state index in [1.165, 1.54) is 12.3 Å². The first-order chi connectivity index (χ1) is 6.69. The minimum absolute atomic E-state index is 0.0781. The minimum atomic E-state index is -0.312. The van der Waals surface area contributed by atoms with E-state index in [2.05, 4.69) is 11.2 Å². The molecular weight excluding hydrogens is 202 g/mol. The molecule has 0 aliphatic heterocycles. The third kappa shape index (κ3) is 2.30. The quantitative estimate of drug-likeness (QED) is 0.778. The standard InChI is InChI=1S/C10H10ClNO2/c1-3-7(4-2)12-10(13)8-5-6-14-9(8)11/h1,5-7H,4H2,2H3,(H,12,13). The van der Waals surface area contributed by atoms with E-state index in [9.17, 15) is 4.79 Å². The topological polar surface area (TPSA) is 42.2 Å². The number of rotatable bonds is 3. The summed E-state index contributed by atoms with van der Waals surface area (Å²) < 4.78 is 4.79. The lowest BCUT2D eigenvalue weighted by atomic mass is 10.2. The SMILES string of the molecule is C#CC(CC)NC(=O)c1ccoc1Cl. The van der Waals surface area contributed by atoms with Crippen LogP contribution in [0.2, 0.25) is 5.22 Å². The number of terminal acetylenes is 1. The van der Waals surface area contributed by atoms with Crippen LogP contribution in [0.15, 0.2) is 16.7 Å². The van der Waals surface area contributed by atoms with E-state index in [4.69, 9.17) is 22.4 Å². The second kappa shape index (κ2) is 4.73. The average molecular weight is 212 g/mol. The molecule has 14 heavy (non-hydrogen) atoms. The summed E-state index contributed by atoms with van der Waals surface area (Å²) in [7, 11) is 0. The Balaban J connectivity index is 2.69. The van der Waals surface area contributed by atoms with Crippen LogP contribution in [-0.2, 0) is 0 Å². The molecule has 0 saturated carbocycles. The lowest BCUT2D eigenvalue weighted by molar-refractivity contribution is 0.0944. The molecule has 3 nitrogen and oxygen atoms in total. The number of hydrogen-bond acceptors (Lipinski definition) is 2. The summed E-state index contributed by atoms with van der Waals surface area (Å²) >= 11 is 5.63. The van der Waals surface area contributed by atoms with E-state index >= 15 is 0 Å². The van der Waals surface area contributed by atoms with E-state index < -0.39 is 0 Å². The number of hydrogen-bond donors (Lipinski definition) is 1. The van der Waals surface area contributed by atoms with Crippen LogP contribution in [0, 0.1) is 12.3 Å². The molecule has 1 amide bonds. The van der Waals surface area contributed by atoms with Crippen LogP contribution in [0.5, 0.6) is 0 Å². The Morgan fingerprint density at radius 3 is 3.00 bits per heavy atom. The van der Waals surface area contributed by atoms with Gasteiger partial charge in [-0.2, -0.15) is 0 Å². The van der Waals surface area contributed by atoms with Crippen LogP contribution in [0.25, 0.3) is 0 Å². The Labute approximate surface area is 87.4 Å². The van der Waals surface area contributed by atoms with Gasteiger partial charge in [0.1, 0.15) is 0 Å². The van der Waals surface area contributed by atoms with Gasteiger partial charge in [-0.1, -0.05) is 12.8 Å². The predicted molar refractivity (Wildman–Crippen MR) is 54.1 cm³/mol. The zero-order valence-electron chi connectivity index (χ0n) is 7.71. The summed E-state index contributed by atoms with van der Waals surface area (Å²) in [4.78, 5) is 11.5. The first-order valence-corrected chi connectivity index (χ1v) is 4.56. The molecule has 0 spiro atoms. The molecule has 0 aromatic carbocycles. The van der Waals surface area contributed by atoms with Crippen molar-refractivity contribution in [3.63, 3.8) is 0 Å². The van der Waals surface area contributed by atoms with Crippen molar-refractivity contribution in [2.45, 2.75) is 19.4 Å². The highest BCUT2D eigenvalue weighted by Gasteiger charge is 2.14. The monoisotopic (exact) mass is 211 g/mol. The number of nitrogens with one attached hydrogen (secondary N) is 1. The molecule has 0 aliphatic rings. The van der Waals surface area contributed by atoms with Crippen LogP contribution in [-0.4, -0.2) is 11.9 Å². The molecule has 1 rings (SSSR count). The zero-order valence-corrected chi connectivity index (χ0v) is 8.47. The van der Waals surface area contributed by atoms with Crippen LogP contribution >= 0.6 is 11.6 Å². The highest BCUT2D eigenvalue weighted by atomic mass is 35.5. The molecule has 0 radical (unpaired) electrons. The van der Waals surface area contributed by atoms with E-state index in [1.807, 2.05) is 6.92 Å². The van der Waals surface area contributed by atoms with Gasteiger partial charge in [-0.25, -0.2) is 0 Å². The summed E-state index contributed by atoms with van der Waals surface area (Å²) in [6.45, 7) is 1.89. The van der Waals surface area contributed by atoms with Crippen LogP contribution in [0.1, 0.15) is 23.7 Å². The molecule has 0 fully saturated rings. The Morgan fingerprint density at radius 2 is 2.57 bits per heavy atom. The molecule has 4 heteroatoms.